The number of hydrogen-bond acceptors (Lipinski definition) is 7. The predicted octanol–water partition coefficient (Wildman–Crippen LogP) is -0.0791. The van der Waals surface area contributed by atoms with E-state index < -0.39 is 5.97 Å². The van der Waals surface area contributed by atoms with Gasteiger partial charge in [-0.05, 0) is 14.1 Å². The molecule has 2 heterocycles. The lowest BCUT2D eigenvalue weighted by Gasteiger charge is -2.37. The number of carbonyl (C=O) groups excluding carboxylic acids is 1. The van der Waals surface area contributed by atoms with Crippen LogP contribution in [-0.4, -0.2) is 79.2 Å². The number of nitrogens with zero attached hydrogens (tertiary/aromatic N) is 4. The highest BCUT2D eigenvalue weighted by Gasteiger charge is 2.21. The van der Waals surface area contributed by atoms with Crippen LogP contribution in [0.1, 0.15) is 10.5 Å². The van der Waals surface area contributed by atoms with Crippen LogP contribution in [0.2, 0.25) is 0 Å². The van der Waals surface area contributed by atoms with Gasteiger partial charge < -0.3 is 15.0 Å². The molecule has 0 amide bonds. The van der Waals surface area contributed by atoms with Gasteiger partial charge in [0.1, 0.15) is 5.82 Å². The number of likely N-dealkylation sites (N-methyl/N-ethyl adjacent to an activating group) is 2. The molecule has 1 saturated heterocycles. The van der Waals surface area contributed by atoms with Gasteiger partial charge in [-0.1, -0.05) is 0 Å². The Morgan fingerprint density at radius 1 is 1.40 bits per heavy atom. The van der Waals surface area contributed by atoms with Crippen LogP contribution in [0.3, 0.4) is 0 Å². The van der Waals surface area contributed by atoms with E-state index in [9.17, 15) is 4.79 Å². The Morgan fingerprint density at radius 3 is 2.85 bits per heavy atom. The van der Waals surface area contributed by atoms with E-state index in [0.29, 0.717) is 11.9 Å². The Kier molecular flexibility index (Phi) is 4.86. The number of anilines is 1. The van der Waals surface area contributed by atoms with Crippen molar-refractivity contribution in [2.75, 3.05) is 52.7 Å². The van der Waals surface area contributed by atoms with Crippen molar-refractivity contribution in [1.29, 1.82) is 0 Å². The van der Waals surface area contributed by atoms with Crippen molar-refractivity contribution in [1.82, 2.24) is 19.8 Å². The molecular formula is C13H21N5O2. The molecule has 2 rings (SSSR count). The molecule has 0 bridgehead atoms. The molecule has 1 atom stereocenters. The van der Waals surface area contributed by atoms with E-state index >= 15 is 0 Å². The second-order valence-electron chi connectivity index (χ2n) is 5.06. The molecule has 1 fully saturated rings. The van der Waals surface area contributed by atoms with E-state index in [0.717, 1.165) is 26.2 Å². The molecule has 1 aromatic rings. The van der Waals surface area contributed by atoms with E-state index in [2.05, 4.69) is 43.9 Å². The minimum Gasteiger partial charge on any atom is -0.464 e. The molecule has 7 nitrogen and oxygen atoms in total. The Labute approximate surface area is 118 Å². The summed E-state index contributed by atoms with van der Waals surface area (Å²) in [5.74, 6) is 0.192. The van der Waals surface area contributed by atoms with E-state index in [1.807, 2.05) is 0 Å². The van der Waals surface area contributed by atoms with Gasteiger partial charge in [0.25, 0.3) is 0 Å². The summed E-state index contributed by atoms with van der Waals surface area (Å²) in [5.41, 5.74) is 0.215. The molecular weight excluding hydrogens is 258 g/mol. The first kappa shape index (κ1) is 14.7. The summed E-state index contributed by atoms with van der Waals surface area (Å²) in [6, 6.07) is 0.441. The van der Waals surface area contributed by atoms with Crippen LogP contribution in [0.5, 0.6) is 0 Å². The number of aromatic nitrogens is 2. The minimum atomic E-state index is -0.474. The van der Waals surface area contributed by atoms with Gasteiger partial charge in [-0.15, -0.1) is 0 Å². The minimum absolute atomic E-state index is 0.215. The molecule has 20 heavy (non-hydrogen) atoms. The van der Waals surface area contributed by atoms with Crippen LogP contribution in [0.25, 0.3) is 0 Å². The van der Waals surface area contributed by atoms with Gasteiger partial charge in [0, 0.05) is 32.2 Å². The molecule has 110 valence electrons. The van der Waals surface area contributed by atoms with Crippen molar-refractivity contribution < 1.29 is 9.53 Å². The molecule has 1 unspecified atom stereocenters. The number of hydrogen-bond donors (Lipinski definition) is 1. The summed E-state index contributed by atoms with van der Waals surface area (Å²) in [4.78, 5) is 24.1. The summed E-state index contributed by atoms with van der Waals surface area (Å²) in [6.07, 6.45) is 2.98. The van der Waals surface area contributed by atoms with E-state index in [-0.39, 0.29) is 5.69 Å². The quantitative estimate of drug-likeness (QED) is 0.773. The van der Waals surface area contributed by atoms with Gasteiger partial charge in [0.2, 0.25) is 0 Å². The second-order valence-corrected chi connectivity index (χ2v) is 5.06. The third kappa shape index (κ3) is 3.64. The van der Waals surface area contributed by atoms with Crippen molar-refractivity contribution in [2.45, 2.75) is 6.04 Å². The van der Waals surface area contributed by atoms with Crippen LogP contribution in [0.15, 0.2) is 12.4 Å². The largest absolute Gasteiger partial charge is 0.464 e. The zero-order valence-electron chi connectivity index (χ0n) is 12.2. The number of esters is 1. The highest BCUT2D eigenvalue weighted by atomic mass is 16.5. The maximum atomic E-state index is 11.3. The summed E-state index contributed by atoms with van der Waals surface area (Å²) >= 11 is 0. The average molecular weight is 279 g/mol. The topological polar surface area (TPSA) is 70.6 Å². The van der Waals surface area contributed by atoms with E-state index in [4.69, 9.17) is 0 Å². The molecule has 0 radical (unpaired) electrons. The zero-order chi connectivity index (χ0) is 14.5. The molecule has 0 aliphatic carbocycles. The second kappa shape index (κ2) is 6.62. The number of rotatable bonds is 4. The van der Waals surface area contributed by atoms with Gasteiger partial charge in [0.05, 0.1) is 19.5 Å². The lowest BCUT2D eigenvalue weighted by Crippen LogP contribution is -2.52. The first-order valence-corrected chi connectivity index (χ1v) is 6.63. The van der Waals surface area contributed by atoms with E-state index in [1.54, 1.807) is 6.20 Å². The van der Waals surface area contributed by atoms with Gasteiger partial charge in [-0.25, -0.2) is 14.8 Å². The zero-order valence-corrected chi connectivity index (χ0v) is 12.2. The van der Waals surface area contributed by atoms with E-state index in [1.165, 1.54) is 13.3 Å². The molecule has 1 aromatic heterocycles. The summed E-state index contributed by atoms with van der Waals surface area (Å²) in [6.45, 7) is 3.99. The number of methoxy groups -OCH3 is 1. The fourth-order valence-electron chi connectivity index (χ4n) is 2.17. The highest BCUT2D eigenvalue weighted by molar-refractivity contribution is 5.86. The fourth-order valence-corrected chi connectivity index (χ4v) is 2.17. The van der Waals surface area contributed by atoms with Crippen molar-refractivity contribution >= 4 is 11.8 Å². The van der Waals surface area contributed by atoms with Crippen LogP contribution in [0, 0.1) is 0 Å². The number of carbonyl (C=O) groups is 1. The first-order chi connectivity index (χ1) is 9.60. The third-order valence-corrected chi connectivity index (χ3v) is 3.55. The Bertz CT molecular complexity index is 451. The van der Waals surface area contributed by atoms with Gasteiger partial charge in [0.15, 0.2) is 5.69 Å². The lowest BCUT2D eigenvalue weighted by atomic mass is 10.2. The van der Waals surface area contributed by atoms with Gasteiger partial charge in [-0.2, -0.15) is 0 Å². The Hall–Kier alpha value is -1.73. The Morgan fingerprint density at radius 2 is 2.20 bits per heavy atom. The molecule has 7 heteroatoms. The van der Waals surface area contributed by atoms with Crippen LogP contribution in [0.4, 0.5) is 5.82 Å². The number of piperazine rings is 1. The normalized spacial score (nSPS) is 20.6. The first-order valence-electron chi connectivity index (χ1n) is 6.63. The molecule has 0 aromatic carbocycles. The van der Waals surface area contributed by atoms with Crippen LogP contribution >= 0.6 is 0 Å². The maximum Gasteiger partial charge on any atom is 0.358 e. The monoisotopic (exact) mass is 279 g/mol. The highest BCUT2D eigenvalue weighted by Crippen LogP contribution is 2.08. The SMILES string of the molecule is COC(=O)c1cnc(NCC2CN(C)CCN2C)cn1. The standard InChI is InChI=1S/C13H21N5O2/c1-17-4-5-18(2)10(9-17)6-15-12-8-14-11(7-16-12)13(19)20-3/h7-8,10H,4-6,9H2,1-3H3,(H,15,16). The lowest BCUT2D eigenvalue weighted by molar-refractivity contribution is 0.0593. The molecule has 0 spiro atoms. The molecule has 1 aliphatic rings. The van der Waals surface area contributed by atoms with Crippen LogP contribution < -0.4 is 5.32 Å². The van der Waals surface area contributed by atoms with Crippen molar-refractivity contribution in [3.8, 4) is 0 Å². The average Bonchev–Trinajstić information content (AvgIpc) is 2.48. The fraction of sp³-hybridized carbons (Fsp3) is 0.615. The smallest absolute Gasteiger partial charge is 0.358 e. The summed E-state index contributed by atoms with van der Waals surface area (Å²) in [7, 11) is 5.59. The maximum absolute atomic E-state index is 11.3. The number of ether oxygens (including phenoxy) is 1. The van der Waals surface area contributed by atoms with Crippen molar-refractivity contribution in [3.63, 3.8) is 0 Å². The Balaban J connectivity index is 1.88. The number of nitrogens with one attached hydrogen (secondary N) is 1. The molecule has 1 N–H and O–H groups in total. The van der Waals surface area contributed by atoms with Gasteiger partial charge in [-0.3, -0.25) is 4.90 Å². The van der Waals surface area contributed by atoms with Gasteiger partial charge >= 0.3 is 5.97 Å². The molecule has 0 saturated carbocycles. The van der Waals surface area contributed by atoms with Crippen molar-refractivity contribution in [2.24, 2.45) is 0 Å². The predicted molar refractivity (Wildman–Crippen MR) is 75.8 cm³/mol. The molecule has 1 aliphatic heterocycles. The van der Waals surface area contributed by atoms with Crippen molar-refractivity contribution in [3.05, 3.63) is 18.1 Å². The summed E-state index contributed by atoms with van der Waals surface area (Å²) < 4.78 is 4.58. The van der Waals surface area contributed by atoms with Crippen LogP contribution in [-0.2, 0) is 4.74 Å². The third-order valence-electron chi connectivity index (χ3n) is 3.55. The summed E-state index contributed by atoms with van der Waals surface area (Å²) in [5, 5.41) is 3.26.